The second-order valence-electron chi connectivity index (χ2n) is 6.54. The summed E-state index contributed by atoms with van der Waals surface area (Å²) in [5, 5.41) is 3.14. The van der Waals surface area contributed by atoms with E-state index in [9.17, 15) is 4.79 Å². The zero-order valence-electron chi connectivity index (χ0n) is 12.8. The van der Waals surface area contributed by atoms with E-state index in [0.29, 0.717) is 12.5 Å². The van der Waals surface area contributed by atoms with Gasteiger partial charge >= 0.3 is 0 Å². The van der Waals surface area contributed by atoms with E-state index < -0.39 is 0 Å². The summed E-state index contributed by atoms with van der Waals surface area (Å²) in [6.45, 7) is 3.32. The minimum atomic E-state index is 0.194. The van der Waals surface area contributed by atoms with Crippen LogP contribution in [0.2, 0.25) is 0 Å². The third kappa shape index (κ3) is 4.07. The highest BCUT2D eigenvalue weighted by atomic mass is 16.2. The van der Waals surface area contributed by atoms with E-state index >= 15 is 0 Å². The Morgan fingerprint density at radius 3 is 2.71 bits per heavy atom. The van der Waals surface area contributed by atoms with Crippen molar-refractivity contribution in [2.75, 3.05) is 19.6 Å². The number of nitrogens with zero attached hydrogens (tertiary/aromatic N) is 1. The van der Waals surface area contributed by atoms with Crippen LogP contribution in [-0.4, -0.2) is 30.4 Å². The normalized spacial score (nSPS) is 20.0. The maximum absolute atomic E-state index is 12.1. The molecule has 0 saturated heterocycles. The Balaban J connectivity index is 1.43. The predicted molar refractivity (Wildman–Crippen MR) is 85.0 cm³/mol. The highest BCUT2D eigenvalue weighted by Gasteiger charge is 2.19. The molecule has 1 aromatic carbocycles. The molecule has 0 aromatic heterocycles. The second kappa shape index (κ2) is 7.08. The third-order valence-corrected chi connectivity index (χ3v) is 4.89. The Bertz CT molecular complexity index is 480. The van der Waals surface area contributed by atoms with Crippen LogP contribution in [0.3, 0.4) is 0 Å². The standard InChI is InChI=1S/C18H26N2O/c21-18(19-12-15-6-2-1-3-7-15)14-20-11-10-16-8-4-5-9-17(16)13-20/h4-5,8-9,15H,1-3,6-7,10-14H2,(H,19,21). The van der Waals surface area contributed by atoms with E-state index in [1.54, 1.807) is 0 Å². The molecule has 3 nitrogen and oxygen atoms in total. The summed E-state index contributed by atoms with van der Waals surface area (Å²) < 4.78 is 0. The fraction of sp³-hybridized carbons (Fsp3) is 0.611. The molecule has 0 bridgehead atoms. The molecule has 1 saturated carbocycles. The Labute approximate surface area is 127 Å². The number of hydrogen-bond donors (Lipinski definition) is 1. The van der Waals surface area contributed by atoms with Gasteiger partial charge in [-0.25, -0.2) is 0 Å². The first-order valence-corrected chi connectivity index (χ1v) is 8.37. The van der Waals surface area contributed by atoms with Crippen molar-refractivity contribution in [1.29, 1.82) is 0 Å². The Kier molecular flexibility index (Phi) is 4.91. The SMILES string of the molecule is O=C(CN1CCc2ccccc2C1)NCC1CCCCC1. The molecule has 1 heterocycles. The van der Waals surface area contributed by atoms with E-state index in [1.807, 2.05) is 0 Å². The van der Waals surface area contributed by atoms with Gasteiger partial charge in [0.05, 0.1) is 6.54 Å². The second-order valence-corrected chi connectivity index (χ2v) is 6.54. The molecule has 1 fully saturated rings. The number of hydrogen-bond acceptors (Lipinski definition) is 2. The van der Waals surface area contributed by atoms with Crippen molar-refractivity contribution in [3.05, 3.63) is 35.4 Å². The van der Waals surface area contributed by atoms with Crippen molar-refractivity contribution in [2.24, 2.45) is 5.92 Å². The molecule has 3 rings (SSSR count). The van der Waals surface area contributed by atoms with Crippen molar-refractivity contribution < 1.29 is 4.79 Å². The summed E-state index contributed by atoms with van der Waals surface area (Å²) in [6, 6.07) is 8.58. The smallest absolute Gasteiger partial charge is 0.234 e. The van der Waals surface area contributed by atoms with Crippen molar-refractivity contribution >= 4 is 5.91 Å². The predicted octanol–water partition coefficient (Wildman–Crippen LogP) is 2.74. The van der Waals surface area contributed by atoms with Crippen molar-refractivity contribution in [3.63, 3.8) is 0 Å². The van der Waals surface area contributed by atoms with Gasteiger partial charge in [-0.3, -0.25) is 9.69 Å². The van der Waals surface area contributed by atoms with E-state index in [0.717, 1.165) is 26.1 Å². The molecule has 1 aliphatic carbocycles. The van der Waals surface area contributed by atoms with Crippen molar-refractivity contribution in [1.82, 2.24) is 10.2 Å². The highest BCUT2D eigenvalue weighted by Crippen LogP contribution is 2.22. The lowest BCUT2D eigenvalue weighted by molar-refractivity contribution is -0.122. The monoisotopic (exact) mass is 286 g/mol. The molecule has 114 valence electrons. The first-order chi connectivity index (χ1) is 10.3. The van der Waals surface area contributed by atoms with Gasteiger partial charge in [0.25, 0.3) is 0 Å². The maximum Gasteiger partial charge on any atom is 0.234 e. The summed E-state index contributed by atoms with van der Waals surface area (Å²) in [4.78, 5) is 14.4. The van der Waals surface area contributed by atoms with Crippen LogP contribution in [0.5, 0.6) is 0 Å². The lowest BCUT2D eigenvalue weighted by atomic mass is 9.89. The number of carbonyl (C=O) groups is 1. The minimum Gasteiger partial charge on any atom is -0.355 e. The molecule has 0 spiro atoms. The van der Waals surface area contributed by atoms with Gasteiger partial charge in [0.2, 0.25) is 5.91 Å². The summed E-state index contributed by atoms with van der Waals surface area (Å²) >= 11 is 0. The highest BCUT2D eigenvalue weighted by molar-refractivity contribution is 5.78. The van der Waals surface area contributed by atoms with E-state index in [2.05, 4.69) is 34.5 Å². The molecule has 1 aromatic rings. The molecule has 0 radical (unpaired) electrons. The van der Waals surface area contributed by atoms with Crippen LogP contribution in [0.1, 0.15) is 43.2 Å². The molecule has 2 aliphatic rings. The third-order valence-electron chi connectivity index (χ3n) is 4.89. The van der Waals surface area contributed by atoms with Crippen LogP contribution < -0.4 is 5.32 Å². The fourth-order valence-corrected chi connectivity index (χ4v) is 3.60. The van der Waals surface area contributed by atoms with Crippen LogP contribution >= 0.6 is 0 Å². The molecule has 1 N–H and O–H groups in total. The van der Waals surface area contributed by atoms with Crippen LogP contribution in [0, 0.1) is 5.92 Å². The van der Waals surface area contributed by atoms with Gasteiger partial charge in [0.15, 0.2) is 0 Å². The molecule has 21 heavy (non-hydrogen) atoms. The Morgan fingerprint density at radius 1 is 1.14 bits per heavy atom. The molecule has 3 heteroatoms. The summed E-state index contributed by atoms with van der Waals surface area (Å²) in [6.07, 6.45) is 7.69. The van der Waals surface area contributed by atoms with Crippen LogP contribution in [-0.2, 0) is 17.8 Å². The molecular weight excluding hydrogens is 260 g/mol. The number of fused-ring (bicyclic) bond motifs is 1. The largest absolute Gasteiger partial charge is 0.355 e. The zero-order valence-corrected chi connectivity index (χ0v) is 12.8. The van der Waals surface area contributed by atoms with E-state index in [-0.39, 0.29) is 5.91 Å². The van der Waals surface area contributed by atoms with E-state index in [4.69, 9.17) is 0 Å². The van der Waals surface area contributed by atoms with Gasteiger partial charge in [-0.1, -0.05) is 43.5 Å². The van der Waals surface area contributed by atoms with Gasteiger partial charge in [0.1, 0.15) is 0 Å². The minimum absolute atomic E-state index is 0.194. The van der Waals surface area contributed by atoms with Crippen LogP contribution in [0.4, 0.5) is 0 Å². The van der Waals surface area contributed by atoms with Crippen LogP contribution in [0.25, 0.3) is 0 Å². The first kappa shape index (κ1) is 14.6. The Hall–Kier alpha value is -1.35. The zero-order chi connectivity index (χ0) is 14.5. The van der Waals surface area contributed by atoms with E-state index in [1.165, 1.54) is 43.2 Å². The number of benzene rings is 1. The molecular formula is C18H26N2O. The number of amides is 1. The van der Waals surface area contributed by atoms with Crippen LogP contribution in [0.15, 0.2) is 24.3 Å². The van der Waals surface area contributed by atoms with Gasteiger partial charge < -0.3 is 5.32 Å². The fourth-order valence-electron chi connectivity index (χ4n) is 3.60. The van der Waals surface area contributed by atoms with Crippen molar-refractivity contribution in [2.45, 2.75) is 45.1 Å². The summed E-state index contributed by atoms with van der Waals surface area (Å²) in [5.41, 5.74) is 2.82. The summed E-state index contributed by atoms with van der Waals surface area (Å²) in [7, 11) is 0. The Morgan fingerprint density at radius 2 is 1.90 bits per heavy atom. The van der Waals surface area contributed by atoms with Crippen molar-refractivity contribution in [3.8, 4) is 0 Å². The molecule has 1 amide bonds. The first-order valence-electron chi connectivity index (χ1n) is 8.37. The lowest BCUT2D eigenvalue weighted by Gasteiger charge is -2.28. The number of carbonyl (C=O) groups excluding carboxylic acids is 1. The van der Waals surface area contributed by atoms with Gasteiger partial charge in [-0.2, -0.15) is 0 Å². The maximum atomic E-state index is 12.1. The topological polar surface area (TPSA) is 32.3 Å². The number of rotatable bonds is 4. The summed E-state index contributed by atoms with van der Waals surface area (Å²) in [5.74, 6) is 0.907. The number of nitrogens with one attached hydrogen (secondary N) is 1. The van der Waals surface area contributed by atoms with Gasteiger partial charge in [0, 0.05) is 19.6 Å². The van der Waals surface area contributed by atoms with Gasteiger partial charge in [-0.15, -0.1) is 0 Å². The lowest BCUT2D eigenvalue weighted by Crippen LogP contribution is -2.41. The molecule has 0 unspecified atom stereocenters. The van der Waals surface area contributed by atoms with Gasteiger partial charge in [-0.05, 0) is 36.3 Å². The molecule has 0 atom stereocenters. The average molecular weight is 286 g/mol. The average Bonchev–Trinajstić information content (AvgIpc) is 2.54. The quantitative estimate of drug-likeness (QED) is 0.923. The molecule has 1 aliphatic heterocycles.